The molecule has 6 heteroatoms. The van der Waals surface area contributed by atoms with Crippen LogP contribution in [0.5, 0.6) is 0 Å². The summed E-state index contributed by atoms with van der Waals surface area (Å²) in [7, 11) is 0. The summed E-state index contributed by atoms with van der Waals surface area (Å²) in [5.74, 6) is -0.366. The molecule has 20 heavy (non-hydrogen) atoms. The third-order valence-corrected chi connectivity index (χ3v) is 2.92. The van der Waals surface area contributed by atoms with E-state index >= 15 is 0 Å². The van der Waals surface area contributed by atoms with Crippen molar-refractivity contribution in [1.82, 2.24) is 9.99 Å². The Balaban J connectivity index is 2.22. The molecule has 0 atom stereocenters. The van der Waals surface area contributed by atoms with E-state index in [4.69, 9.17) is 4.74 Å². The van der Waals surface area contributed by atoms with E-state index in [0.717, 1.165) is 12.0 Å². The predicted molar refractivity (Wildman–Crippen MR) is 73.0 cm³/mol. The molecule has 1 fully saturated rings. The van der Waals surface area contributed by atoms with Gasteiger partial charge >= 0.3 is 5.97 Å². The number of carbonyl (C=O) groups is 2. The highest BCUT2D eigenvalue weighted by Gasteiger charge is 2.21. The Kier molecular flexibility index (Phi) is 4.81. The highest BCUT2D eigenvalue weighted by molar-refractivity contribution is 6.09. The number of hydrogen-bond acceptors (Lipinski definition) is 5. The van der Waals surface area contributed by atoms with Crippen LogP contribution in [0.1, 0.15) is 31.7 Å². The Morgan fingerprint density at radius 1 is 1.45 bits per heavy atom. The Morgan fingerprint density at radius 3 is 2.80 bits per heavy atom. The summed E-state index contributed by atoms with van der Waals surface area (Å²) in [4.78, 5) is 27.2. The van der Waals surface area contributed by atoms with Gasteiger partial charge < -0.3 is 4.74 Å². The molecule has 1 aromatic rings. The summed E-state index contributed by atoms with van der Waals surface area (Å²) < 4.78 is 4.95. The number of nitrogens with zero attached hydrogens (tertiary/aromatic N) is 3. The quantitative estimate of drug-likeness (QED) is 0.601. The molecule has 0 bridgehead atoms. The second kappa shape index (κ2) is 6.79. The minimum Gasteiger partial charge on any atom is -0.466 e. The monoisotopic (exact) mass is 275 g/mol. The predicted octanol–water partition coefficient (Wildman–Crippen LogP) is 1.36. The Morgan fingerprint density at radius 2 is 2.20 bits per heavy atom. The summed E-state index contributed by atoms with van der Waals surface area (Å²) in [5.41, 5.74) is 1.30. The summed E-state index contributed by atoms with van der Waals surface area (Å²) >= 11 is 0. The molecular formula is C14H17N3O3. The third kappa shape index (κ3) is 3.63. The van der Waals surface area contributed by atoms with Gasteiger partial charge in [0.1, 0.15) is 0 Å². The molecule has 106 valence electrons. The smallest absolute Gasteiger partial charge is 0.311 e. The van der Waals surface area contributed by atoms with E-state index in [0.29, 0.717) is 25.3 Å². The first-order valence-corrected chi connectivity index (χ1v) is 6.64. The minimum absolute atomic E-state index is 0.0135. The highest BCUT2D eigenvalue weighted by atomic mass is 16.5. The molecule has 0 N–H and O–H groups in total. The number of aromatic nitrogens is 1. The van der Waals surface area contributed by atoms with Crippen molar-refractivity contribution >= 4 is 17.6 Å². The van der Waals surface area contributed by atoms with Crippen LogP contribution in [0.4, 0.5) is 0 Å². The number of hydrogen-bond donors (Lipinski definition) is 0. The molecule has 1 amide bonds. The molecule has 0 spiro atoms. The van der Waals surface area contributed by atoms with Crippen molar-refractivity contribution in [3.05, 3.63) is 30.1 Å². The largest absolute Gasteiger partial charge is 0.466 e. The zero-order valence-electron chi connectivity index (χ0n) is 11.4. The Hall–Kier alpha value is -2.24. The Labute approximate surface area is 117 Å². The molecule has 0 radical (unpaired) electrons. The summed E-state index contributed by atoms with van der Waals surface area (Å²) in [5, 5.41) is 5.75. The van der Waals surface area contributed by atoms with Crippen molar-refractivity contribution < 1.29 is 14.3 Å². The molecular weight excluding hydrogens is 258 g/mol. The first-order valence-electron chi connectivity index (χ1n) is 6.64. The summed E-state index contributed by atoms with van der Waals surface area (Å²) in [6.45, 7) is 2.67. The van der Waals surface area contributed by atoms with Crippen molar-refractivity contribution in [2.45, 2.75) is 26.2 Å². The first-order chi connectivity index (χ1) is 9.70. The molecule has 0 aromatic carbocycles. The van der Waals surface area contributed by atoms with Gasteiger partial charge in [-0.15, -0.1) is 0 Å². The molecule has 1 aliphatic heterocycles. The molecule has 2 rings (SSSR count). The lowest BCUT2D eigenvalue weighted by Crippen LogP contribution is -2.22. The normalized spacial score (nSPS) is 15.6. The molecule has 1 saturated heterocycles. The van der Waals surface area contributed by atoms with Crippen molar-refractivity contribution in [1.29, 1.82) is 0 Å². The Bertz CT molecular complexity index is 514. The van der Waals surface area contributed by atoms with E-state index in [1.807, 2.05) is 0 Å². The first kappa shape index (κ1) is 14.2. The van der Waals surface area contributed by atoms with Gasteiger partial charge in [0, 0.05) is 30.9 Å². The fourth-order valence-corrected chi connectivity index (χ4v) is 1.97. The maximum absolute atomic E-state index is 11.7. The standard InChI is InChI=1S/C14H17N3O3/c1-2-20-14(19)10-12(11-5-7-15-8-6-11)16-17-9-3-4-13(17)18/h5-8H,2-4,9-10H2,1H3. The number of rotatable bonds is 5. The fraction of sp³-hybridized carbons (Fsp3) is 0.429. The zero-order chi connectivity index (χ0) is 14.4. The van der Waals surface area contributed by atoms with Gasteiger partial charge in [-0.25, -0.2) is 5.01 Å². The van der Waals surface area contributed by atoms with Crippen LogP contribution in [0, 0.1) is 0 Å². The van der Waals surface area contributed by atoms with E-state index in [1.165, 1.54) is 5.01 Å². The molecule has 1 aliphatic rings. The van der Waals surface area contributed by atoms with Crippen molar-refractivity contribution in [3.63, 3.8) is 0 Å². The maximum atomic E-state index is 11.7. The van der Waals surface area contributed by atoms with Gasteiger partial charge in [0.2, 0.25) is 5.91 Å². The van der Waals surface area contributed by atoms with Crippen molar-refractivity contribution in [2.75, 3.05) is 13.2 Å². The van der Waals surface area contributed by atoms with Gasteiger partial charge in [-0.2, -0.15) is 5.10 Å². The van der Waals surface area contributed by atoms with Crippen molar-refractivity contribution in [2.24, 2.45) is 5.10 Å². The summed E-state index contributed by atoms with van der Waals surface area (Å²) in [6.07, 6.45) is 4.60. The van der Waals surface area contributed by atoms with E-state index in [2.05, 4.69) is 10.1 Å². The molecule has 0 unspecified atom stereocenters. The topological polar surface area (TPSA) is 71.9 Å². The van der Waals surface area contributed by atoms with Gasteiger partial charge in [0.15, 0.2) is 0 Å². The maximum Gasteiger partial charge on any atom is 0.311 e. The van der Waals surface area contributed by atoms with Gasteiger partial charge in [0.05, 0.1) is 18.7 Å². The number of carbonyl (C=O) groups excluding carboxylic acids is 2. The molecule has 6 nitrogen and oxygen atoms in total. The van der Waals surface area contributed by atoms with Gasteiger partial charge in [-0.3, -0.25) is 14.6 Å². The molecule has 0 aliphatic carbocycles. The van der Waals surface area contributed by atoms with Gasteiger partial charge in [-0.1, -0.05) is 0 Å². The van der Waals surface area contributed by atoms with Crippen LogP contribution in [0.25, 0.3) is 0 Å². The van der Waals surface area contributed by atoms with Crippen LogP contribution in [0.3, 0.4) is 0 Å². The van der Waals surface area contributed by atoms with E-state index in [1.54, 1.807) is 31.5 Å². The van der Waals surface area contributed by atoms with Crippen LogP contribution < -0.4 is 0 Å². The molecule has 2 heterocycles. The molecule has 0 saturated carbocycles. The fourth-order valence-electron chi connectivity index (χ4n) is 1.97. The van der Waals surface area contributed by atoms with Crippen molar-refractivity contribution in [3.8, 4) is 0 Å². The highest BCUT2D eigenvalue weighted by Crippen LogP contribution is 2.13. The number of esters is 1. The lowest BCUT2D eigenvalue weighted by Gasteiger charge is -2.12. The van der Waals surface area contributed by atoms with Crippen LogP contribution in [-0.2, 0) is 14.3 Å². The second-order valence-corrected chi connectivity index (χ2v) is 4.38. The number of ether oxygens (including phenoxy) is 1. The van der Waals surface area contributed by atoms with Crippen LogP contribution in [0.15, 0.2) is 29.6 Å². The van der Waals surface area contributed by atoms with Crippen LogP contribution in [-0.4, -0.2) is 40.7 Å². The van der Waals surface area contributed by atoms with Gasteiger partial charge in [0.25, 0.3) is 0 Å². The number of pyridine rings is 1. The minimum atomic E-state index is -0.352. The van der Waals surface area contributed by atoms with E-state index in [-0.39, 0.29) is 18.3 Å². The lowest BCUT2D eigenvalue weighted by atomic mass is 10.1. The lowest BCUT2D eigenvalue weighted by molar-refractivity contribution is -0.141. The van der Waals surface area contributed by atoms with Crippen LogP contribution in [0.2, 0.25) is 0 Å². The number of hydrazone groups is 1. The average Bonchev–Trinajstić information content (AvgIpc) is 2.85. The zero-order valence-corrected chi connectivity index (χ0v) is 11.4. The van der Waals surface area contributed by atoms with E-state index < -0.39 is 0 Å². The molecule has 1 aromatic heterocycles. The number of amides is 1. The summed E-state index contributed by atoms with van der Waals surface area (Å²) in [6, 6.07) is 3.53. The van der Waals surface area contributed by atoms with Gasteiger partial charge in [-0.05, 0) is 25.5 Å². The average molecular weight is 275 g/mol. The SMILES string of the molecule is CCOC(=O)CC(=NN1CCCC1=O)c1ccncc1. The third-order valence-electron chi connectivity index (χ3n) is 2.92. The van der Waals surface area contributed by atoms with Crippen LogP contribution >= 0.6 is 0 Å². The second-order valence-electron chi connectivity index (χ2n) is 4.38. The van der Waals surface area contributed by atoms with E-state index in [9.17, 15) is 9.59 Å².